The fourth-order valence-corrected chi connectivity index (χ4v) is 2.69. The van der Waals surface area contributed by atoms with Gasteiger partial charge in [0.15, 0.2) is 0 Å². The molecular weight excluding hydrogens is 294 g/mol. The van der Waals surface area contributed by atoms with E-state index in [9.17, 15) is 9.59 Å². The maximum Gasteiger partial charge on any atom is 0.272 e. The summed E-state index contributed by atoms with van der Waals surface area (Å²) in [5.74, 6) is -0.171. The summed E-state index contributed by atoms with van der Waals surface area (Å²) in [6, 6.07) is 5.40. The van der Waals surface area contributed by atoms with Gasteiger partial charge in [-0.25, -0.2) is 0 Å². The first-order valence-electron chi connectivity index (χ1n) is 7.63. The molecule has 1 aliphatic heterocycles. The molecule has 0 unspecified atom stereocenters. The Morgan fingerprint density at radius 3 is 2.65 bits per heavy atom. The molecule has 23 heavy (non-hydrogen) atoms. The molecule has 0 bridgehead atoms. The summed E-state index contributed by atoms with van der Waals surface area (Å²) in [4.78, 5) is 30.3. The Labute approximate surface area is 134 Å². The Morgan fingerprint density at radius 1 is 1.26 bits per heavy atom. The van der Waals surface area contributed by atoms with Crippen LogP contribution in [0.15, 0.2) is 36.8 Å². The molecule has 3 heterocycles. The molecule has 2 amide bonds. The lowest BCUT2D eigenvalue weighted by atomic mass is 10.0. The number of pyridine rings is 1. The highest BCUT2D eigenvalue weighted by Gasteiger charge is 2.25. The highest BCUT2D eigenvalue weighted by molar-refractivity contribution is 5.94. The van der Waals surface area contributed by atoms with E-state index in [1.807, 2.05) is 0 Å². The van der Waals surface area contributed by atoms with Crippen molar-refractivity contribution in [2.75, 3.05) is 13.1 Å². The average Bonchev–Trinajstić information content (AvgIpc) is 3.02. The van der Waals surface area contributed by atoms with E-state index in [4.69, 9.17) is 0 Å². The summed E-state index contributed by atoms with van der Waals surface area (Å²) in [7, 11) is 1.78. The van der Waals surface area contributed by atoms with Crippen LogP contribution in [-0.4, -0.2) is 50.6 Å². The summed E-state index contributed by atoms with van der Waals surface area (Å²) < 4.78 is 1.60. The first-order valence-corrected chi connectivity index (χ1v) is 7.63. The average molecular weight is 313 g/mol. The van der Waals surface area contributed by atoms with Gasteiger partial charge in [-0.05, 0) is 25.0 Å². The van der Waals surface area contributed by atoms with Crippen molar-refractivity contribution in [3.63, 3.8) is 0 Å². The van der Waals surface area contributed by atoms with E-state index >= 15 is 0 Å². The van der Waals surface area contributed by atoms with Gasteiger partial charge in [0, 0.05) is 38.6 Å². The normalized spacial score (nSPS) is 15.4. The largest absolute Gasteiger partial charge is 0.349 e. The molecule has 2 aromatic rings. The molecule has 2 aromatic heterocycles. The van der Waals surface area contributed by atoms with Crippen molar-refractivity contribution in [2.24, 2.45) is 7.05 Å². The zero-order valence-corrected chi connectivity index (χ0v) is 13.0. The van der Waals surface area contributed by atoms with Crippen molar-refractivity contribution in [3.8, 4) is 0 Å². The van der Waals surface area contributed by atoms with Gasteiger partial charge in [0.05, 0.1) is 11.8 Å². The number of carbonyl (C=O) groups is 2. The molecule has 0 radical (unpaired) electrons. The minimum atomic E-state index is -0.118. The SMILES string of the molecule is Cn1cc(C(=O)NC2CCN(C(=O)c3ccccn3)CC2)cn1. The minimum Gasteiger partial charge on any atom is -0.349 e. The van der Waals surface area contributed by atoms with Crippen LogP contribution in [0, 0.1) is 0 Å². The summed E-state index contributed by atoms with van der Waals surface area (Å²) in [6.07, 6.45) is 6.34. The molecule has 1 N–H and O–H groups in total. The van der Waals surface area contributed by atoms with Crippen LogP contribution in [0.1, 0.15) is 33.7 Å². The third kappa shape index (κ3) is 3.56. The van der Waals surface area contributed by atoms with E-state index in [-0.39, 0.29) is 17.9 Å². The number of likely N-dealkylation sites (tertiary alicyclic amines) is 1. The van der Waals surface area contributed by atoms with E-state index in [0.29, 0.717) is 24.3 Å². The molecule has 120 valence electrons. The standard InChI is InChI=1S/C16H19N5O2/c1-20-11-12(10-18-20)15(22)19-13-5-8-21(9-6-13)16(23)14-4-2-3-7-17-14/h2-4,7,10-11,13H,5-6,8-9H2,1H3,(H,19,22). The van der Waals surface area contributed by atoms with Crippen LogP contribution in [0.4, 0.5) is 0 Å². The lowest BCUT2D eigenvalue weighted by Crippen LogP contribution is -2.46. The molecule has 1 aliphatic rings. The lowest BCUT2D eigenvalue weighted by Gasteiger charge is -2.32. The Morgan fingerprint density at radius 2 is 2.04 bits per heavy atom. The van der Waals surface area contributed by atoms with Crippen LogP contribution in [0.3, 0.4) is 0 Å². The Bertz CT molecular complexity index is 690. The summed E-state index contributed by atoms with van der Waals surface area (Å²) in [6.45, 7) is 1.24. The molecule has 3 rings (SSSR count). The van der Waals surface area contributed by atoms with Crippen LogP contribution < -0.4 is 5.32 Å². The second-order valence-corrected chi connectivity index (χ2v) is 5.66. The predicted molar refractivity (Wildman–Crippen MR) is 83.8 cm³/mol. The Kier molecular flexibility index (Phi) is 4.36. The van der Waals surface area contributed by atoms with Crippen molar-refractivity contribution in [1.82, 2.24) is 25.0 Å². The van der Waals surface area contributed by atoms with Crippen molar-refractivity contribution in [3.05, 3.63) is 48.0 Å². The Balaban J connectivity index is 1.52. The summed E-state index contributed by atoms with van der Waals surface area (Å²) in [5, 5.41) is 7.00. The van der Waals surface area contributed by atoms with Gasteiger partial charge in [-0.15, -0.1) is 0 Å². The van der Waals surface area contributed by atoms with Crippen LogP contribution in [-0.2, 0) is 7.05 Å². The fourth-order valence-electron chi connectivity index (χ4n) is 2.69. The van der Waals surface area contributed by atoms with Gasteiger partial charge < -0.3 is 10.2 Å². The number of hydrogen-bond donors (Lipinski definition) is 1. The highest BCUT2D eigenvalue weighted by Crippen LogP contribution is 2.13. The molecule has 0 spiro atoms. The van der Waals surface area contributed by atoms with Gasteiger partial charge in [0.2, 0.25) is 0 Å². The second-order valence-electron chi connectivity index (χ2n) is 5.66. The summed E-state index contributed by atoms with van der Waals surface area (Å²) >= 11 is 0. The molecule has 1 saturated heterocycles. The third-order valence-electron chi connectivity index (χ3n) is 3.97. The number of amides is 2. The van der Waals surface area contributed by atoms with Crippen molar-refractivity contribution in [2.45, 2.75) is 18.9 Å². The van der Waals surface area contributed by atoms with Crippen molar-refractivity contribution in [1.29, 1.82) is 0 Å². The quantitative estimate of drug-likeness (QED) is 0.911. The zero-order valence-electron chi connectivity index (χ0n) is 13.0. The number of aromatic nitrogens is 3. The summed E-state index contributed by atoms with van der Waals surface area (Å²) in [5.41, 5.74) is 1.02. The van der Waals surface area contributed by atoms with Gasteiger partial charge in [-0.1, -0.05) is 6.07 Å². The lowest BCUT2D eigenvalue weighted by molar-refractivity contribution is 0.0692. The number of hydrogen-bond acceptors (Lipinski definition) is 4. The first kappa shape index (κ1) is 15.2. The predicted octanol–water partition coefficient (Wildman–Crippen LogP) is 0.850. The number of rotatable bonds is 3. The van der Waals surface area contributed by atoms with Gasteiger partial charge >= 0.3 is 0 Å². The highest BCUT2D eigenvalue weighted by atomic mass is 16.2. The van der Waals surface area contributed by atoms with E-state index in [1.165, 1.54) is 0 Å². The van der Waals surface area contributed by atoms with Crippen LogP contribution in [0.25, 0.3) is 0 Å². The molecule has 0 saturated carbocycles. The number of nitrogens with zero attached hydrogens (tertiary/aromatic N) is 4. The van der Waals surface area contributed by atoms with E-state index in [1.54, 1.807) is 53.4 Å². The topological polar surface area (TPSA) is 80.1 Å². The number of aryl methyl sites for hydroxylation is 1. The van der Waals surface area contributed by atoms with E-state index in [2.05, 4.69) is 15.4 Å². The minimum absolute atomic E-state index is 0.0531. The maximum atomic E-state index is 12.3. The number of carbonyl (C=O) groups excluding carboxylic acids is 2. The van der Waals surface area contributed by atoms with Crippen molar-refractivity contribution < 1.29 is 9.59 Å². The molecular formula is C16H19N5O2. The van der Waals surface area contributed by atoms with Crippen molar-refractivity contribution >= 4 is 11.8 Å². The third-order valence-corrected chi connectivity index (χ3v) is 3.97. The van der Waals surface area contributed by atoms with Crippen LogP contribution >= 0.6 is 0 Å². The van der Waals surface area contributed by atoms with Gasteiger partial charge in [0.25, 0.3) is 11.8 Å². The smallest absolute Gasteiger partial charge is 0.272 e. The van der Waals surface area contributed by atoms with Crippen LogP contribution in [0.5, 0.6) is 0 Å². The van der Waals surface area contributed by atoms with Crippen LogP contribution in [0.2, 0.25) is 0 Å². The second kappa shape index (κ2) is 6.60. The molecule has 1 fully saturated rings. The van der Waals surface area contributed by atoms with E-state index < -0.39 is 0 Å². The molecule has 7 nitrogen and oxygen atoms in total. The monoisotopic (exact) mass is 313 g/mol. The van der Waals surface area contributed by atoms with Gasteiger partial charge in [-0.3, -0.25) is 19.3 Å². The Hall–Kier alpha value is -2.70. The fraction of sp³-hybridized carbons (Fsp3) is 0.375. The molecule has 0 atom stereocenters. The number of nitrogens with one attached hydrogen (secondary N) is 1. The molecule has 7 heteroatoms. The zero-order chi connectivity index (χ0) is 16.2. The maximum absolute atomic E-state index is 12.3. The first-order chi connectivity index (χ1) is 11.1. The van der Waals surface area contributed by atoms with Gasteiger partial charge in [0.1, 0.15) is 5.69 Å². The van der Waals surface area contributed by atoms with E-state index in [0.717, 1.165) is 12.8 Å². The number of piperidine rings is 1. The molecule has 0 aromatic carbocycles. The molecule has 0 aliphatic carbocycles. The van der Waals surface area contributed by atoms with Gasteiger partial charge in [-0.2, -0.15) is 5.10 Å².